The first-order chi connectivity index (χ1) is 7.99. The minimum Gasteiger partial charge on any atom is -0.481 e. The summed E-state index contributed by atoms with van der Waals surface area (Å²) < 4.78 is 0. The summed E-state index contributed by atoms with van der Waals surface area (Å²) in [6.45, 7) is -0.148. The van der Waals surface area contributed by atoms with Crippen molar-refractivity contribution in [2.45, 2.75) is 12.8 Å². The summed E-state index contributed by atoms with van der Waals surface area (Å²) in [5, 5.41) is 12.9. The summed E-state index contributed by atoms with van der Waals surface area (Å²) in [5.41, 5.74) is 0. The molecule has 0 atom stereocenters. The summed E-state index contributed by atoms with van der Waals surface area (Å²) in [5.74, 6) is -1.99. The second-order valence-corrected chi connectivity index (χ2v) is 3.56. The van der Waals surface area contributed by atoms with Gasteiger partial charge in [0.2, 0.25) is 11.8 Å². The van der Waals surface area contributed by atoms with Crippen LogP contribution >= 0.6 is 0 Å². The number of carboxylic acids is 1. The maximum absolute atomic E-state index is 11.5. The molecule has 0 saturated carbocycles. The van der Waals surface area contributed by atoms with Crippen molar-refractivity contribution in [2.24, 2.45) is 0 Å². The molecule has 94 valence electrons. The van der Waals surface area contributed by atoms with Gasteiger partial charge in [-0.15, -0.1) is 0 Å². The van der Waals surface area contributed by atoms with E-state index in [1.807, 2.05) is 0 Å². The van der Waals surface area contributed by atoms with E-state index < -0.39 is 23.8 Å². The van der Waals surface area contributed by atoms with Gasteiger partial charge in [0.1, 0.15) is 13.1 Å². The average molecular weight is 243 g/mol. The summed E-state index contributed by atoms with van der Waals surface area (Å²) in [6, 6.07) is -0.543. The molecule has 0 aromatic heterocycles. The zero-order chi connectivity index (χ0) is 12.8. The van der Waals surface area contributed by atoms with Crippen LogP contribution < -0.4 is 10.6 Å². The van der Waals surface area contributed by atoms with Gasteiger partial charge >= 0.3 is 12.0 Å². The molecule has 0 aromatic rings. The zero-order valence-electron chi connectivity index (χ0n) is 9.06. The molecule has 8 nitrogen and oxygen atoms in total. The van der Waals surface area contributed by atoms with Crippen molar-refractivity contribution in [1.82, 2.24) is 15.5 Å². The number of piperazine rings is 1. The highest BCUT2D eigenvalue weighted by atomic mass is 16.4. The maximum atomic E-state index is 11.5. The van der Waals surface area contributed by atoms with Gasteiger partial charge in [-0.2, -0.15) is 0 Å². The first-order valence-electron chi connectivity index (χ1n) is 5.06. The molecule has 0 unspecified atom stereocenters. The SMILES string of the molecule is O=C(O)CCCNC(=O)N1CC(=O)NC(=O)C1. The van der Waals surface area contributed by atoms with Crippen molar-refractivity contribution in [2.75, 3.05) is 19.6 Å². The lowest BCUT2D eigenvalue weighted by molar-refractivity contribution is -0.137. The number of amides is 4. The van der Waals surface area contributed by atoms with Gasteiger partial charge in [0, 0.05) is 13.0 Å². The number of nitrogens with one attached hydrogen (secondary N) is 2. The molecule has 0 bridgehead atoms. The zero-order valence-corrected chi connectivity index (χ0v) is 9.06. The molecule has 1 aliphatic rings. The molecule has 0 radical (unpaired) electrons. The smallest absolute Gasteiger partial charge is 0.318 e. The Labute approximate surface area is 97.0 Å². The minimum absolute atomic E-state index is 0.0420. The summed E-state index contributed by atoms with van der Waals surface area (Å²) in [6.07, 6.45) is 0.259. The molecule has 17 heavy (non-hydrogen) atoms. The van der Waals surface area contributed by atoms with Gasteiger partial charge in [-0.3, -0.25) is 19.7 Å². The lowest BCUT2D eigenvalue weighted by Crippen LogP contribution is -2.55. The highest BCUT2D eigenvalue weighted by Crippen LogP contribution is 1.96. The fraction of sp³-hybridized carbons (Fsp3) is 0.556. The van der Waals surface area contributed by atoms with Gasteiger partial charge in [-0.25, -0.2) is 4.79 Å². The molecule has 1 rings (SSSR count). The molecule has 1 fully saturated rings. The Morgan fingerprint density at radius 3 is 2.41 bits per heavy atom. The third-order valence-electron chi connectivity index (χ3n) is 2.08. The van der Waals surface area contributed by atoms with E-state index in [4.69, 9.17) is 5.11 Å². The van der Waals surface area contributed by atoms with Gasteiger partial charge in [-0.05, 0) is 6.42 Å². The number of carboxylic acid groups (broad SMARTS) is 1. The van der Waals surface area contributed by atoms with Crippen LogP contribution in [0.4, 0.5) is 4.79 Å². The third-order valence-corrected chi connectivity index (χ3v) is 2.08. The first kappa shape index (κ1) is 12.9. The standard InChI is InChI=1S/C9H13N3O5/c13-6-4-12(5-7(14)11-6)9(17)10-3-1-2-8(15)16/h1-5H2,(H,10,17)(H,15,16)(H,11,13,14). The number of aliphatic carboxylic acids is 1. The van der Waals surface area contributed by atoms with Crippen molar-refractivity contribution < 1.29 is 24.3 Å². The topological polar surface area (TPSA) is 116 Å². The van der Waals surface area contributed by atoms with Crippen LogP contribution in [0.25, 0.3) is 0 Å². The molecule has 0 aromatic carbocycles. The number of imide groups is 1. The van der Waals surface area contributed by atoms with Crippen molar-refractivity contribution in [3.05, 3.63) is 0 Å². The van der Waals surface area contributed by atoms with Gasteiger partial charge < -0.3 is 15.3 Å². The first-order valence-corrected chi connectivity index (χ1v) is 5.06. The predicted molar refractivity (Wildman–Crippen MR) is 55.0 cm³/mol. The van der Waals surface area contributed by atoms with Crippen molar-refractivity contribution in [3.63, 3.8) is 0 Å². The van der Waals surface area contributed by atoms with E-state index in [9.17, 15) is 19.2 Å². The van der Waals surface area contributed by atoms with Crippen LogP contribution in [0.1, 0.15) is 12.8 Å². The molecule has 8 heteroatoms. The van der Waals surface area contributed by atoms with E-state index in [0.717, 1.165) is 4.90 Å². The van der Waals surface area contributed by atoms with Gasteiger partial charge in [-0.1, -0.05) is 0 Å². The number of rotatable bonds is 4. The van der Waals surface area contributed by atoms with Crippen LogP contribution in [0.5, 0.6) is 0 Å². The fourth-order valence-corrected chi connectivity index (χ4v) is 1.33. The van der Waals surface area contributed by atoms with E-state index in [1.54, 1.807) is 0 Å². The number of carbonyl (C=O) groups is 4. The Hall–Kier alpha value is -2.12. The number of urea groups is 1. The minimum atomic E-state index is -0.938. The van der Waals surface area contributed by atoms with Gasteiger partial charge in [0.25, 0.3) is 0 Å². The molecule has 1 heterocycles. The van der Waals surface area contributed by atoms with Crippen LogP contribution in [-0.4, -0.2) is 53.5 Å². The van der Waals surface area contributed by atoms with Crippen molar-refractivity contribution in [1.29, 1.82) is 0 Å². The van der Waals surface area contributed by atoms with Crippen LogP contribution in [0.15, 0.2) is 0 Å². The monoisotopic (exact) mass is 243 g/mol. The second-order valence-electron chi connectivity index (χ2n) is 3.56. The quantitative estimate of drug-likeness (QED) is 0.411. The molecule has 1 saturated heterocycles. The summed E-state index contributed by atoms with van der Waals surface area (Å²) in [4.78, 5) is 44.7. The van der Waals surface area contributed by atoms with Crippen molar-refractivity contribution in [3.8, 4) is 0 Å². The Balaban J connectivity index is 2.29. The number of hydrogen-bond donors (Lipinski definition) is 3. The number of carbonyl (C=O) groups excluding carboxylic acids is 3. The molecule has 0 spiro atoms. The summed E-state index contributed by atoms with van der Waals surface area (Å²) in [7, 11) is 0. The van der Waals surface area contributed by atoms with Crippen LogP contribution in [0, 0.1) is 0 Å². The van der Waals surface area contributed by atoms with Crippen LogP contribution in [0.2, 0.25) is 0 Å². The largest absolute Gasteiger partial charge is 0.481 e. The lowest BCUT2D eigenvalue weighted by Gasteiger charge is -2.25. The fourth-order valence-electron chi connectivity index (χ4n) is 1.33. The molecular weight excluding hydrogens is 230 g/mol. The van der Waals surface area contributed by atoms with Crippen LogP contribution in [0.3, 0.4) is 0 Å². The van der Waals surface area contributed by atoms with Crippen molar-refractivity contribution >= 4 is 23.8 Å². The van der Waals surface area contributed by atoms with E-state index >= 15 is 0 Å². The molecule has 3 N–H and O–H groups in total. The highest BCUT2D eigenvalue weighted by molar-refractivity contribution is 6.02. The summed E-state index contributed by atoms with van der Waals surface area (Å²) >= 11 is 0. The Kier molecular flexibility index (Phi) is 4.44. The van der Waals surface area contributed by atoms with E-state index in [2.05, 4.69) is 10.6 Å². The molecule has 0 aliphatic carbocycles. The van der Waals surface area contributed by atoms with Gasteiger partial charge in [0.05, 0.1) is 0 Å². The predicted octanol–water partition coefficient (Wildman–Crippen LogP) is -1.48. The third kappa shape index (κ3) is 4.49. The highest BCUT2D eigenvalue weighted by Gasteiger charge is 2.25. The van der Waals surface area contributed by atoms with Crippen LogP contribution in [-0.2, 0) is 14.4 Å². The molecule has 1 aliphatic heterocycles. The molecular formula is C9H13N3O5. The Morgan fingerprint density at radius 2 is 1.88 bits per heavy atom. The number of nitrogens with zero attached hydrogens (tertiary/aromatic N) is 1. The van der Waals surface area contributed by atoms with E-state index in [-0.39, 0.29) is 26.1 Å². The molecule has 4 amide bonds. The Bertz CT molecular complexity index is 339. The van der Waals surface area contributed by atoms with E-state index in [1.165, 1.54) is 0 Å². The van der Waals surface area contributed by atoms with Gasteiger partial charge in [0.15, 0.2) is 0 Å². The second kappa shape index (κ2) is 5.83. The maximum Gasteiger partial charge on any atom is 0.318 e. The average Bonchev–Trinajstić information content (AvgIpc) is 2.22. The lowest BCUT2D eigenvalue weighted by atomic mass is 10.3. The van der Waals surface area contributed by atoms with E-state index in [0.29, 0.717) is 6.42 Å². The number of hydrogen-bond acceptors (Lipinski definition) is 4. The normalized spacial score (nSPS) is 15.4. The Morgan fingerprint density at radius 1 is 1.29 bits per heavy atom.